The average molecular weight is 391 g/mol. The molecule has 144 valence electrons. The summed E-state index contributed by atoms with van der Waals surface area (Å²) in [6.45, 7) is 3.82. The van der Waals surface area contributed by atoms with Gasteiger partial charge in [-0.1, -0.05) is 17.7 Å². The Morgan fingerprint density at radius 3 is 2.59 bits per heavy atom. The number of ether oxygens (including phenoxy) is 2. The summed E-state index contributed by atoms with van der Waals surface area (Å²) in [4.78, 5) is 35.0. The molecule has 1 aromatic heterocycles. The standard InChI is InChI=1S/C19H21NO6S/c1-12-4-6-15(13(2)8-12)20-17(21)10-27-11-18(22)25-9-14-5-7-16(26-14)19(23)24-3/h4-8H,9-11H2,1-3H3,(H,20,21). The van der Waals surface area contributed by atoms with Crippen LogP contribution in [0.5, 0.6) is 0 Å². The van der Waals surface area contributed by atoms with Gasteiger partial charge in [0.1, 0.15) is 12.4 Å². The molecule has 0 atom stereocenters. The van der Waals surface area contributed by atoms with E-state index in [-0.39, 0.29) is 29.8 Å². The number of carbonyl (C=O) groups is 3. The van der Waals surface area contributed by atoms with Crippen LogP contribution in [-0.2, 0) is 25.7 Å². The highest BCUT2D eigenvalue weighted by Gasteiger charge is 2.13. The van der Waals surface area contributed by atoms with E-state index >= 15 is 0 Å². The van der Waals surface area contributed by atoms with Gasteiger partial charge in [0, 0.05) is 5.69 Å². The molecule has 0 radical (unpaired) electrons. The van der Waals surface area contributed by atoms with E-state index < -0.39 is 11.9 Å². The molecule has 0 spiro atoms. The summed E-state index contributed by atoms with van der Waals surface area (Å²) in [6.07, 6.45) is 0. The lowest BCUT2D eigenvalue weighted by atomic mass is 10.1. The van der Waals surface area contributed by atoms with Crippen molar-refractivity contribution in [3.63, 3.8) is 0 Å². The lowest BCUT2D eigenvalue weighted by molar-refractivity contribution is -0.142. The van der Waals surface area contributed by atoms with E-state index in [2.05, 4.69) is 10.1 Å². The predicted molar refractivity (Wildman–Crippen MR) is 102 cm³/mol. The summed E-state index contributed by atoms with van der Waals surface area (Å²) in [5.74, 6) is -0.718. The van der Waals surface area contributed by atoms with Crippen molar-refractivity contribution in [2.24, 2.45) is 0 Å². The molecule has 0 fully saturated rings. The third-order valence-corrected chi connectivity index (χ3v) is 4.44. The Bertz CT molecular complexity index is 829. The number of thioether (sulfide) groups is 1. The first-order valence-corrected chi connectivity index (χ1v) is 9.32. The lowest BCUT2D eigenvalue weighted by Gasteiger charge is -2.09. The molecule has 2 aromatic rings. The zero-order chi connectivity index (χ0) is 19.8. The molecule has 0 aliphatic carbocycles. The molecule has 1 N–H and O–H groups in total. The first-order valence-electron chi connectivity index (χ1n) is 8.16. The number of carbonyl (C=O) groups excluding carboxylic acids is 3. The highest BCUT2D eigenvalue weighted by molar-refractivity contribution is 8.00. The van der Waals surface area contributed by atoms with Crippen molar-refractivity contribution in [2.75, 3.05) is 23.9 Å². The van der Waals surface area contributed by atoms with Gasteiger partial charge in [-0.3, -0.25) is 9.59 Å². The molecule has 0 saturated carbocycles. The summed E-state index contributed by atoms with van der Waals surface area (Å²) >= 11 is 1.16. The SMILES string of the molecule is COC(=O)c1ccc(COC(=O)CSCC(=O)Nc2ccc(C)cc2C)o1. The number of benzene rings is 1. The smallest absolute Gasteiger partial charge is 0.373 e. The fourth-order valence-corrected chi connectivity index (χ4v) is 2.84. The quantitative estimate of drug-likeness (QED) is 0.691. The summed E-state index contributed by atoms with van der Waals surface area (Å²) in [6, 6.07) is 8.74. The van der Waals surface area contributed by atoms with Crippen molar-refractivity contribution in [3.8, 4) is 0 Å². The number of hydrogen-bond acceptors (Lipinski definition) is 7. The second-order valence-corrected chi connectivity index (χ2v) is 6.76. The molecule has 1 heterocycles. The fourth-order valence-electron chi connectivity index (χ4n) is 2.23. The number of hydrogen-bond donors (Lipinski definition) is 1. The second-order valence-electron chi connectivity index (χ2n) is 5.78. The van der Waals surface area contributed by atoms with Crippen molar-refractivity contribution >= 4 is 35.3 Å². The molecular formula is C19H21NO6S. The highest BCUT2D eigenvalue weighted by Crippen LogP contribution is 2.16. The minimum Gasteiger partial charge on any atom is -0.463 e. The van der Waals surface area contributed by atoms with Crippen LogP contribution in [0.15, 0.2) is 34.7 Å². The summed E-state index contributed by atoms with van der Waals surface area (Å²) in [7, 11) is 1.25. The average Bonchev–Trinajstić information content (AvgIpc) is 3.11. The Labute approximate surface area is 161 Å². The highest BCUT2D eigenvalue weighted by atomic mass is 32.2. The summed E-state index contributed by atoms with van der Waals surface area (Å²) in [5, 5.41) is 2.82. The molecule has 7 nitrogen and oxygen atoms in total. The van der Waals surface area contributed by atoms with Gasteiger partial charge in [0.25, 0.3) is 0 Å². The first kappa shape index (κ1) is 20.6. The number of nitrogens with one attached hydrogen (secondary N) is 1. The summed E-state index contributed by atoms with van der Waals surface area (Å²) in [5.41, 5.74) is 2.86. The minimum atomic E-state index is -0.599. The van der Waals surface area contributed by atoms with E-state index in [0.717, 1.165) is 28.6 Å². The Hall–Kier alpha value is -2.74. The van der Waals surface area contributed by atoms with Crippen LogP contribution in [-0.4, -0.2) is 36.5 Å². The van der Waals surface area contributed by atoms with Crippen LogP contribution in [0.4, 0.5) is 5.69 Å². The van der Waals surface area contributed by atoms with Crippen LogP contribution >= 0.6 is 11.8 Å². The van der Waals surface area contributed by atoms with Crippen LogP contribution in [0, 0.1) is 13.8 Å². The van der Waals surface area contributed by atoms with E-state index in [4.69, 9.17) is 9.15 Å². The van der Waals surface area contributed by atoms with E-state index in [0.29, 0.717) is 5.76 Å². The van der Waals surface area contributed by atoms with Crippen LogP contribution < -0.4 is 5.32 Å². The van der Waals surface area contributed by atoms with Crippen LogP contribution in [0.3, 0.4) is 0 Å². The predicted octanol–water partition coefficient (Wildman–Crippen LogP) is 3.10. The van der Waals surface area contributed by atoms with Gasteiger partial charge in [0.15, 0.2) is 0 Å². The molecule has 1 aromatic carbocycles. The van der Waals surface area contributed by atoms with Crippen LogP contribution in [0.1, 0.15) is 27.4 Å². The second kappa shape index (κ2) is 9.82. The zero-order valence-electron chi connectivity index (χ0n) is 15.4. The van der Waals surface area contributed by atoms with Gasteiger partial charge < -0.3 is 19.2 Å². The minimum absolute atomic E-state index is 0.0326. The van der Waals surface area contributed by atoms with Crippen molar-refractivity contribution in [3.05, 3.63) is 53.0 Å². The van der Waals surface area contributed by atoms with Gasteiger partial charge in [-0.15, -0.1) is 11.8 Å². The van der Waals surface area contributed by atoms with Gasteiger partial charge in [-0.25, -0.2) is 4.79 Å². The molecule has 27 heavy (non-hydrogen) atoms. The number of rotatable bonds is 8. The van der Waals surface area contributed by atoms with E-state index in [9.17, 15) is 14.4 Å². The van der Waals surface area contributed by atoms with Gasteiger partial charge in [-0.2, -0.15) is 0 Å². The van der Waals surface area contributed by atoms with Crippen LogP contribution in [0.25, 0.3) is 0 Å². The molecule has 2 rings (SSSR count). The lowest BCUT2D eigenvalue weighted by Crippen LogP contribution is -2.16. The maximum absolute atomic E-state index is 12.0. The topological polar surface area (TPSA) is 94.8 Å². The molecule has 0 aliphatic heterocycles. The van der Waals surface area contributed by atoms with E-state index in [1.165, 1.54) is 19.2 Å². The van der Waals surface area contributed by atoms with Crippen molar-refractivity contribution in [1.29, 1.82) is 0 Å². The molecular weight excluding hydrogens is 370 g/mol. The van der Waals surface area contributed by atoms with Gasteiger partial charge >= 0.3 is 11.9 Å². The van der Waals surface area contributed by atoms with Crippen LogP contribution in [0.2, 0.25) is 0 Å². The Morgan fingerprint density at radius 2 is 1.89 bits per heavy atom. The maximum atomic E-state index is 12.0. The largest absolute Gasteiger partial charge is 0.463 e. The number of methoxy groups -OCH3 is 1. The zero-order valence-corrected chi connectivity index (χ0v) is 16.2. The van der Waals surface area contributed by atoms with Crippen molar-refractivity contribution in [1.82, 2.24) is 0 Å². The Morgan fingerprint density at radius 1 is 1.11 bits per heavy atom. The number of anilines is 1. The number of aryl methyl sites for hydroxylation is 2. The van der Waals surface area contributed by atoms with E-state index in [1.807, 2.05) is 32.0 Å². The van der Waals surface area contributed by atoms with Crippen molar-refractivity contribution < 1.29 is 28.3 Å². The Kier molecular flexibility index (Phi) is 7.48. The molecule has 0 aliphatic rings. The summed E-state index contributed by atoms with van der Waals surface area (Å²) < 4.78 is 14.8. The molecule has 0 saturated heterocycles. The molecule has 8 heteroatoms. The Balaban J connectivity index is 1.68. The fraction of sp³-hybridized carbons (Fsp3) is 0.316. The van der Waals surface area contributed by atoms with E-state index in [1.54, 1.807) is 0 Å². The monoisotopic (exact) mass is 391 g/mol. The normalized spacial score (nSPS) is 10.3. The first-order chi connectivity index (χ1) is 12.9. The van der Waals surface area contributed by atoms with Gasteiger partial charge in [0.2, 0.25) is 11.7 Å². The maximum Gasteiger partial charge on any atom is 0.373 e. The molecule has 1 amide bonds. The van der Waals surface area contributed by atoms with Crippen molar-refractivity contribution in [2.45, 2.75) is 20.5 Å². The molecule has 0 bridgehead atoms. The third-order valence-electron chi connectivity index (χ3n) is 3.53. The number of esters is 2. The number of furan rings is 1. The molecule has 0 unspecified atom stereocenters. The third kappa shape index (κ3) is 6.49. The number of amides is 1. The van der Waals surface area contributed by atoms with Gasteiger partial charge in [0.05, 0.1) is 18.6 Å². The van der Waals surface area contributed by atoms with Gasteiger partial charge in [-0.05, 0) is 37.6 Å².